The van der Waals surface area contributed by atoms with Gasteiger partial charge in [-0.05, 0) is 12.8 Å². The summed E-state index contributed by atoms with van der Waals surface area (Å²) in [5.41, 5.74) is 0.338. The number of nitrogens with zero attached hydrogens (tertiary/aromatic N) is 3. The van der Waals surface area contributed by atoms with Crippen LogP contribution in [0.1, 0.15) is 29.8 Å². The molecular weight excluding hydrogens is 242 g/mol. The first-order valence-electron chi connectivity index (χ1n) is 5.96. The van der Waals surface area contributed by atoms with E-state index >= 15 is 0 Å². The van der Waals surface area contributed by atoms with Crippen LogP contribution in [0.5, 0.6) is 5.88 Å². The number of likely N-dealkylation sites (tertiary alicyclic amines) is 1. The van der Waals surface area contributed by atoms with Crippen LogP contribution in [-0.2, 0) is 6.54 Å². The van der Waals surface area contributed by atoms with Gasteiger partial charge in [0.1, 0.15) is 5.02 Å². The lowest BCUT2D eigenvalue weighted by Crippen LogP contribution is -2.28. The molecule has 1 fully saturated rings. The van der Waals surface area contributed by atoms with E-state index in [9.17, 15) is 4.79 Å². The summed E-state index contributed by atoms with van der Waals surface area (Å²) in [5.74, 6) is 0.471. The predicted octanol–water partition coefficient (Wildman–Crippen LogP) is 1.55. The van der Waals surface area contributed by atoms with Crippen molar-refractivity contribution >= 4 is 17.5 Å². The SMILES string of the molecule is O=C(c1nn2c(c1Cl)OCCC2)N1CCCC1. The lowest BCUT2D eigenvalue weighted by atomic mass is 10.3. The summed E-state index contributed by atoms with van der Waals surface area (Å²) in [6.07, 6.45) is 3.03. The number of hydrogen-bond acceptors (Lipinski definition) is 3. The van der Waals surface area contributed by atoms with E-state index < -0.39 is 0 Å². The van der Waals surface area contributed by atoms with Gasteiger partial charge >= 0.3 is 0 Å². The Morgan fingerprint density at radius 2 is 2.00 bits per heavy atom. The van der Waals surface area contributed by atoms with Crippen LogP contribution >= 0.6 is 11.6 Å². The molecule has 5 nitrogen and oxygen atoms in total. The number of fused-ring (bicyclic) bond motifs is 1. The summed E-state index contributed by atoms with van der Waals surface area (Å²) < 4.78 is 7.14. The normalized spacial score (nSPS) is 19.0. The molecule has 3 heterocycles. The minimum absolute atomic E-state index is 0.0713. The lowest BCUT2D eigenvalue weighted by molar-refractivity contribution is 0.0786. The van der Waals surface area contributed by atoms with Gasteiger partial charge in [-0.15, -0.1) is 0 Å². The molecule has 0 aliphatic carbocycles. The zero-order valence-corrected chi connectivity index (χ0v) is 10.2. The van der Waals surface area contributed by atoms with Crippen LogP contribution < -0.4 is 4.74 Å². The fourth-order valence-electron chi connectivity index (χ4n) is 2.30. The number of ether oxygens (including phenoxy) is 1. The van der Waals surface area contributed by atoms with E-state index in [1.165, 1.54) is 0 Å². The summed E-state index contributed by atoms with van der Waals surface area (Å²) in [6, 6.07) is 0. The molecule has 2 aliphatic heterocycles. The molecule has 0 bridgehead atoms. The first-order chi connectivity index (χ1) is 8.27. The smallest absolute Gasteiger partial charge is 0.276 e. The molecule has 0 radical (unpaired) electrons. The predicted molar refractivity (Wildman–Crippen MR) is 62.5 cm³/mol. The lowest BCUT2D eigenvalue weighted by Gasteiger charge is -2.14. The number of hydrogen-bond donors (Lipinski definition) is 0. The molecule has 92 valence electrons. The van der Waals surface area contributed by atoms with Gasteiger partial charge in [0.15, 0.2) is 5.69 Å². The van der Waals surface area contributed by atoms with Crippen LogP contribution in [0.2, 0.25) is 5.02 Å². The number of carbonyl (C=O) groups is 1. The average molecular weight is 256 g/mol. The summed E-state index contributed by atoms with van der Waals surface area (Å²) >= 11 is 6.16. The van der Waals surface area contributed by atoms with Crippen molar-refractivity contribution < 1.29 is 9.53 Å². The van der Waals surface area contributed by atoms with Gasteiger partial charge in [-0.3, -0.25) is 4.79 Å². The molecule has 1 saturated heterocycles. The van der Waals surface area contributed by atoms with Gasteiger partial charge in [0.05, 0.1) is 6.61 Å². The van der Waals surface area contributed by atoms with Gasteiger partial charge in [0, 0.05) is 26.1 Å². The molecule has 1 aromatic heterocycles. The van der Waals surface area contributed by atoms with Crippen molar-refractivity contribution in [2.24, 2.45) is 0 Å². The maximum absolute atomic E-state index is 12.2. The summed E-state index contributed by atoms with van der Waals surface area (Å²) in [6.45, 7) is 3.02. The van der Waals surface area contributed by atoms with Crippen molar-refractivity contribution in [2.45, 2.75) is 25.8 Å². The van der Waals surface area contributed by atoms with Crippen LogP contribution in [-0.4, -0.2) is 40.3 Å². The fraction of sp³-hybridized carbons (Fsp3) is 0.636. The van der Waals surface area contributed by atoms with Gasteiger partial charge in [-0.1, -0.05) is 11.6 Å². The number of carbonyl (C=O) groups excluding carboxylic acids is 1. The highest BCUT2D eigenvalue weighted by Gasteiger charge is 2.29. The molecule has 0 unspecified atom stereocenters. The second-order valence-electron chi connectivity index (χ2n) is 4.39. The number of halogens is 1. The monoisotopic (exact) mass is 255 g/mol. The third-order valence-corrected chi connectivity index (χ3v) is 3.54. The highest BCUT2D eigenvalue weighted by Crippen LogP contribution is 2.31. The Kier molecular flexibility index (Phi) is 2.70. The molecular formula is C11H14ClN3O2. The van der Waals surface area contributed by atoms with Gasteiger partial charge in [0.25, 0.3) is 5.91 Å². The van der Waals surface area contributed by atoms with E-state index in [0.29, 0.717) is 23.2 Å². The first kappa shape index (κ1) is 10.9. The van der Waals surface area contributed by atoms with Crippen molar-refractivity contribution in [3.8, 4) is 5.88 Å². The van der Waals surface area contributed by atoms with Gasteiger partial charge in [-0.25, -0.2) is 4.68 Å². The standard InChI is InChI=1S/C11H14ClN3O2/c12-8-9(10(16)14-4-1-2-5-14)13-15-6-3-7-17-11(8)15/h1-7H2. The Labute approximate surface area is 104 Å². The maximum atomic E-state index is 12.2. The Morgan fingerprint density at radius 3 is 2.71 bits per heavy atom. The minimum Gasteiger partial charge on any atom is -0.477 e. The third kappa shape index (κ3) is 1.78. The zero-order valence-electron chi connectivity index (χ0n) is 9.49. The Bertz CT molecular complexity index is 452. The zero-order chi connectivity index (χ0) is 11.8. The van der Waals surface area contributed by atoms with E-state index in [-0.39, 0.29) is 5.91 Å². The van der Waals surface area contributed by atoms with E-state index in [1.54, 1.807) is 9.58 Å². The van der Waals surface area contributed by atoms with Crippen LogP contribution in [0.15, 0.2) is 0 Å². The van der Waals surface area contributed by atoms with Gasteiger partial charge in [0.2, 0.25) is 5.88 Å². The number of aryl methyl sites for hydroxylation is 1. The van der Waals surface area contributed by atoms with E-state index in [0.717, 1.165) is 38.9 Å². The minimum atomic E-state index is -0.0713. The topological polar surface area (TPSA) is 47.4 Å². The number of aromatic nitrogens is 2. The van der Waals surface area contributed by atoms with Crippen molar-refractivity contribution in [3.63, 3.8) is 0 Å². The summed E-state index contributed by atoms with van der Waals surface area (Å²) in [7, 11) is 0. The summed E-state index contributed by atoms with van der Waals surface area (Å²) in [5, 5.41) is 4.63. The quantitative estimate of drug-likeness (QED) is 0.765. The second kappa shape index (κ2) is 4.22. The first-order valence-corrected chi connectivity index (χ1v) is 6.33. The molecule has 6 heteroatoms. The van der Waals surface area contributed by atoms with Crippen molar-refractivity contribution in [3.05, 3.63) is 10.7 Å². The van der Waals surface area contributed by atoms with Crippen LogP contribution in [0.25, 0.3) is 0 Å². The van der Waals surface area contributed by atoms with Crippen LogP contribution in [0, 0.1) is 0 Å². The highest BCUT2D eigenvalue weighted by molar-refractivity contribution is 6.34. The molecule has 0 atom stereocenters. The van der Waals surface area contributed by atoms with Crippen molar-refractivity contribution in [1.29, 1.82) is 0 Å². The van der Waals surface area contributed by atoms with E-state index in [4.69, 9.17) is 16.3 Å². The van der Waals surface area contributed by atoms with Crippen LogP contribution in [0.4, 0.5) is 0 Å². The molecule has 3 rings (SSSR count). The molecule has 0 saturated carbocycles. The average Bonchev–Trinajstić information content (AvgIpc) is 2.97. The molecule has 0 spiro atoms. The van der Waals surface area contributed by atoms with Gasteiger partial charge < -0.3 is 9.64 Å². The van der Waals surface area contributed by atoms with E-state index in [1.807, 2.05) is 0 Å². The molecule has 1 aromatic rings. The van der Waals surface area contributed by atoms with E-state index in [2.05, 4.69) is 5.10 Å². The van der Waals surface area contributed by atoms with Gasteiger partial charge in [-0.2, -0.15) is 5.10 Å². The molecule has 0 N–H and O–H groups in total. The molecule has 17 heavy (non-hydrogen) atoms. The molecule has 1 amide bonds. The maximum Gasteiger partial charge on any atom is 0.276 e. The summed E-state index contributed by atoms with van der Waals surface area (Å²) in [4.78, 5) is 14.0. The Hall–Kier alpha value is -1.23. The molecule has 0 aromatic carbocycles. The highest BCUT2D eigenvalue weighted by atomic mass is 35.5. The van der Waals surface area contributed by atoms with Crippen molar-refractivity contribution in [1.82, 2.24) is 14.7 Å². The Balaban J connectivity index is 1.92. The molecule has 2 aliphatic rings. The number of rotatable bonds is 1. The largest absolute Gasteiger partial charge is 0.477 e. The van der Waals surface area contributed by atoms with Crippen molar-refractivity contribution in [2.75, 3.05) is 19.7 Å². The second-order valence-corrected chi connectivity index (χ2v) is 4.77. The fourth-order valence-corrected chi connectivity index (χ4v) is 2.57. The van der Waals surface area contributed by atoms with Crippen LogP contribution in [0.3, 0.4) is 0 Å². The number of amides is 1. The third-order valence-electron chi connectivity index (χ3n) is 3.20. The Morgan fingerprint density at radius 1 is 1.24 bits per heavy atom.